The molecule has 1 amide bonds. The van der Waals surface area contributed by atoms with Crippen LogP contribution < -0.4 is 10.6 Å². The number of carbonyl (C=O) groups excluding carboxylic acids is 1. The number of hydrogen-bond donors (Lipinski definition) is 2. The van der Waals surface area contributed by atoms with E-state index in [0.29, 0.717) is 18.8 Å². The van der Waals surface area contributed by atoms with Gasteiger partial charge in [-0.3, -0.25) is 10.3 Å². The van der Waals surface area contributed by atoms with Crippen LogP contribution in [0.1, 0.15) is 12.5 Å². The van der Waals surface area contributed by atoms with Crippen molar-refractivity contribution in [2.24, 2.45) is 0 Å². The third-order valence-electron chi connectivity index (χ3n) is 2.48. The fourth-order valence-electron chi connectivity index (χ4n) is 1.55. The largest absolute Gasteiger partial charge is 0.450 e. The first-order valence-corrected chi connectivity index (χ1v) is 6.30. The van der Waals surface area contributed by atoms with Crippen LogP contribution in [0.25, 0.3) is 0 Å². The lowest BCUT2D eigenvalue weighted by Crippen LogP contribution is -2.13. The van der Waals surface area contributed by atoms with Gasteiger partial charge in [0, 0.05) is 18.9 Å². The number of carbonyl (C=O) groups is 1. The average Bonchev–Trinajstić information content (AvgIpc) is 2.48. The molecular weight excluding hydrogens is 256 g/mol. The summed E-state index contributed by atoms with van der Waals surface area (Å²) in [6.07, 6.45) is 4.62. The van der Waals surface area contributed by atoms with E-state index in [0.717, 1.165) is 11.4 Å². The normalized spacial score (nSPS) is 9.85. The van der Waals surface area contributed by atoms with Gasteiger partial charge in [-0.15, -0.1) is 0 Å². The van der Waals surface area contributed by atoms with Gasteiger partial charge >= 0.3 is 6.09 Å². The maximum Gasteiger partial charge on any atom is 0.411 e. The topological polar surface area (TPSA) is 76.1 Å². The van der Waals surface area contributed by atoms with Crippen molar-refractivity contribution in [3.63, 3.8) is 0 Å². The minimum atomic E-state index is -0.481. The molecule has 6 nitrogen and oxygen atoms in total. The van der Waals surface area contributed by atoms with Crippen LogP contribution in [0.5, 0.6) is 0 Å². The number of amides is 1. The molecule has 0 saturated heterocycles. The Bertz CT molecular complexity index is 543. The Morgan fingerprint density at radius 1 is 1.30 bits per heavy atom. The molecule has 104 valence electrons. The quantitative estimate of drug-likeness (QED) is 0.875. The molecular formula is C14H16N4O2. The fourth-order valence-corrected chi connectivity index (χ4v) is 1.55. The summed E-state index contributed by atoms with van der Waals surface area (Å²) in [5, 5.41) is 5.75. The zero-order valence-electron chi connectivity index (χ0n) is 11.2. The molecule has 0 unspecified atom stereocenters. The smallest absolute Gasteiger partial charge is 0.411 e. The molecule has 0 aromatic carbocycles. The molecule has 6 heteroatoms. The molecule has 0 saturated carbocycles. The summed E-state index contributed by atoms with van der Waals surface area (Å²) in [6.45, 7) is 2.73. The maximum atomic E-state index is 11.2. The molecule has 0 atom stereocenters. The van der Waals surface area contributed by atoms with E-state index in [1.807, 2.05) is 12.1 Å². The molecule has 2 aromatic rings. The average molecular weight is 272 g/mol. The predicted octanol–water partition coefficient (Wildman–Crippen LogP) is 2.66. The summed E-state index contributed by atoms with van der Waals surface area (Å²) in [5.74, 6) is 0.725. The van der Waals surface area contributed by atoms with Gasteiger partial charge in [0.1, 0.15) is 5.82 Å². The summed E-state index contributed by atoms with van der Waals surface area (Å²) in [5.41, 5.74) is 1.67. The van der Waals surface area contributed by atoms with E-state index in [4.69, 9.17) is 4.74 Å². The summed E-state index contributed by atoms with van der Waals surface area (Å²) < 4.78 is 4.78. The van der Waals surface area contributed by atoms with Gasteiger partial charge in [-0.25, -0.2) is 9.78 Å². The van der Waals surface area contributed by atoms with Crippen molar-refractivity contribution in [2.75, 3.05) is 17.2 Å². The van der Waals surface area contributed by atoms with Gasteiger partial charge in [-0.05, 0) is 30.7 Å². The van der Waals surface area contributed by atoms with Crippen molar-refractivity contribution in [1.29, 1.82) is 0 Å². The monoisotopic (exact) mass is 272 g/mol. The van der Waals surface area contributed by atoms with Crippen molar-refractivity contribution in [1.82, 2.24) is 9.97 Å². The lowest BCUT2D eigenvalue weighted by Gasteiger charge is -2.07. The molecule has 0 fully saturated rings. The molecule has 2 heterocycles. The second kappa shape index (κ2) is 7.08. The number of aromatic nitrogens is 2. The van der Waals surface area contributed by atoms with Crippen LogP contribution in [-0.4, -0.2) is 22.7 Å². The first kappa shape index (κ1) is 13.8. The highest BCUT2D eigenvalue weighted by Crippen LogP contribution is 2.11. The number of nitrogens with zero attached hydrogens (tertiary/aromatic N) is 2. The Kier molecular flexibility index (Phi) is 4.88. The number of ether oxygens (including phenoxy) is 1. The van der Waals surface area contributed by atoms with Crippen LogP contribution in [0.3, 0.4) is 0 Å². The molecule has 0 aliphatic carbocycles. The van der Waals surface area contributed by atoms with Crippen LogP contribution in [0.4, 0.5) is 16.3 Å². The van der Waals surface area contributed by atoms with Crippen molar-refractivity contribution in [3.8, 4) is 0 Å². The molecule has 2 aromatic heterocycles. The van der Waals surface area contributed by atoms with Crippen LogP contribution in [0.2, 0.25) is 0 Å². The van der Waals surface area contributed by atoms with Crippen molar-refractivity contribution in [2.45, 2.75) is 13.5 Å². The molecule has 0 aliphatic heterocycles. The van der Waals surface area contributed by atoms with E-state index in [1.165, 1.54) is 0 Å². The van der Waals surface area contributed by atoms with Crippen LogP contribution in [-0.2, 0) is 11.3 Å². The second-order valence-corrected chi connectivity index (χ2v) is 3.99. The van der Waals surface area contributed by atoms with Gasteiger partial charge in [0.05, 0.1) is 18.5 Å². The molecule has 0 bridgehead atoms. The molecule has 2 N–H and O–H groups in total. The summed E-state index contributed by atoms with van der Waals surface area (Å²) in [4.78, 5) is 19.5. The van der Waals surface area contributed by atoms with Crippen molar-refractivity contribution in [3.05, 3.63) is 48.4 Å². The minimum absolute atomic E-state index is 0.337. The van der Waals surface area contributed by atoms with Gasteiger partial charge in [0.2, 0.25) is 0 Å². The molecule has 2 rings (SSSR count). The SMILES string of the molecule is CCOC(=O)Nc1ccc(NCc2cccnc2)nc1. The van der Waals surface area contributed by atoms with E-state index in [9.17, 15) is 4.79 Å². The molecule has 20 heavy (non-hydrogen) atoms. The first-order valence-electron chi connectivity index (χ1n) is 6.30. The summed E-state index contributed by atoms with van der Waals surface area (Å²) >= 11 is 0. The van der Waals surface area contributed by atoms with E-state index < -0.39 is 6.09 Å². The fraction of sp³-hybridized carbons (Fsp3) is 0.214. The summed E-state index contributed by atoms with van der Waals surface area (Å²) in [6, 6.07) is 7.42. The van der Waals surface area contributed by atoms with Crippen LogP contribution in [0, 0.1) is 0 Å². The standard InChI is InChI=1S/C14H16N4O2/c1-2-20-14(19)18-12-5-6-13(17-10-12)16-9-11-4-3-7-15-8-11/h3-8,10H,2,9H2,1H3,(H,16,17)(H,18,19). The number of pyridine rings is 2. The third-order valence-corrected chi connectivity index (χ3v) is 2.48. The van der Waals surface area contributed by atoms with Gasteiger partial charge in [0.25, 0.3) is 0 Å². The third kappa shape index (κ3) is 4.24. The van der Waals surface area contributed by atoms with Crippen molar-refractivity contribution < 1.29 is 9.53 Å². The maximum absolute atomic E-state index is 11.2. The molecule has 0 radical (unpaired) electrons. The van der Waals surface area contributed by atoms with Gasteiger partial charge in [-0.2, -0.15) is 0 Å². The van der Waals surface area contributed by atoms with Gasteiger partial charge in [-0.1, -0.05) is 6.07 Å². The number of nitrogens with one attached hydrogen (secondary N) is 2. The van der Waals surface area contributed by atoms with Gasteiger partial charge < -0.3 is 10.1 Å². The molecule has 0 spiro atoms. The predicted molar refractivity (Wildman–Crippen MR) is 76.4 cm³/mol. The zero-order valence-corrected chi connectivity index (χ0v) is 11.2. The Hall–Kier alpha value is -2.63. The number of anilines is 2. The summed E-state index contributed by atoms with van der Waals surface area (Å²) in [7, 11) is 0. The van der Waals surface area contributed by atoms with Crippen LogP contribution in [0.15, 0.2) is 42.9 Å². The highest BCUT2D eigenvalue weighted by Gasteiger charge is 2.02. The second-order valence-electron chi connectivity index (χ2n) is 3.99. The van der Waals surface area contributed by atoms with E-state index in [-0.39, 0.29) is 0 Å². The minimum Gasteiger partial charge on any atom is -0.450 e. The highest BCUT2D eigenvalue weighted by atomic mass is 16.5. The van der Waals surface area contributed by atoms with E-state index >= 15 is 0 Å². The van der Waals surface area contributed by atoms with E-state index in [1.54, 1.807) is 37.6 Å². The Morgan fingerprint density at radius 3 is 2.85 bits per heavy atom. The zero-order chi connectivity index (χ0) is 14.2. The number of hydrogen-bond acceptors (Lipinski definition) is 5. The Balaban J connectivity index is 1.87. The first-order chi connectivity index (χ1) is 9.78. The lowest BCUT2D eigenvalue weighted by atomic mass is 10.3. The Labute approximate surface area is 117 Å². The van der Waals surface area contributed by atoms with Gasteiger partial charge in [0.15, 0.2) is 0 Å². The number of rotatable bonds is 5. The highest BCUT2D eigenvalue weighted by molar-refractivity contribution is 5.84. The lowest BCUT2D eigenvalue weighted by molar-refractivity contribution is 0.168. The van der Waals surface area contributed by atoms with E-state index in [2.05, 4.69) is 20.6 Å². The van der Waals surface area contributed by atoms with Crippen LogP contribution >= 0.6 is 0 Å². The van der Waals surface area contributed by atoms with Crippen molar-refractivity contribution >= 4 is 17.6 Å². The Morgan fingerprint density at radius 2 is 2.20 bits per heavy atom. The molecule has 0 aliphatic rings.